The molecule has 1 amide bonds. The number of nitrogens with one attached hydrogen (secondary N) is 2. The number of rotatable bonds is 6. The smallest absolute Gasteiger partial charge is 0.227 e. The predicted octanol–water partition coefficient (Wildman–Crippen LogP) is 5.70. The summed E-state index contributed by atoms with van der Waals surface area (Å²) in [6, 6.07) is 22.7. The number of aliphatic hydroxyl groups is 1. The first-order chi connectivity index (χ1) is 18.0. The van der Waals surface area contributed by atoms with Crippen LogP contribution in [0.3, 0.4) is 0 Å². The van der Waals surface area contributed by atoms with Gasteiger partial charge in [0, 0.05) is 28.1 Å². The summed E-state index contributed by atoms with van der Waals surface area (Å²) >= 11 is 0. The van der Waals surface area contributed by atoms with Crippen molar-refractivity contribution in [2.24, 2.45) is 17.8 Å². The Balaban J connectivity index is 1.17. The second-order valence-electron chi connectivity index (χ2n) is 10.3. The van der Waals surface area contributed by atoms with Gasteiger partial charge in [0.15, 0.2) is 5.78 Å². The maximum absolute atomic E-state index is 13.3. The second-order valence-corrected chi connectivity index (χ2v) is 10.3. The van der Waals surface area contributed by atoms with E-state index in [0.717, 1.165) is 47.8 Å². The molecule has 37 heavy (non-hydrogen) atoms. The molecule has 3 aromatic carbocycles. The van der Waals surface area contributed by atoms with Gasteiger partial charge in [-0.2, -0.15) is 5.10 Å². The monoisotopic (exact) mass is 491 g/mol. The lowest BCUT2D eigenvalue weighted by Crippen LogP contribution is -2.26. The third kappa shape index (κ3) is 4.72. The number of hydrogen-bond acceptors (Lipinski definition) is 4. The molecule has 0 spiro atoms. The Hall–Kier alpha value is -4.03. The van der Waals surface area contributed by atoms with Crippen LogP contribution in [0, 0.1) is 17.8 Å². The van der Waals surface area contributed by atoms with Crippen LogP contribution in [0.4, 0.5) is 5.69 Å². The Morgan fingerprint density at radius 1 is 0.892 bits per heavy atom. The Bertz CT molecular complexity index is 1490. The normalized spacial score (nSPS) is 22.9. The third-order valence-corrected chi connectivity index (χ3v) is 7.93. The molecule has 2 saturated carbocycles. The maximum atomic E-state index is 13.3. The second kappa shape index (κ2) is 9.79. The summed E-state index contributed by atoms with van der Waals surface area (Å²) in [6.45, 7) is 0. The van der Waals surface area contributed by atoms with Crippen LogP contribution in [-0.2, 0) is 4.79 Å². The Morgan fingerprint density at radius 2 is 1.73 bits per heavy atom. The molecule has 2 aliphatic rings. The van der Waals surface area contributed by atoms with Gasteiger partial charge in [0.05, 0.1) is 17.3 Å². The van der Waals surface area contributed by atoms with Crippen molar-refractivity contribution in [2.75, 3.05) is 5.32 Å². The molecule has 6 rings (SSSR count). The van der Waals surface area contributed by atoms with Crippen molar-refractivity contribution < 1.29 is 14.7 Å². The van der Waals surface area contributed by atoms with E-state index in [2.05, 4.69) is 15.5 Å². The minimum Gasteiger partial charge on any atom is -0.393 e. The standard InChI is InChI=1S/C31H29N3O3/c35-29-14-11-20-15-23(29)17-26(20)31(37)32-24-8-4-7-21(16-24)30(36)22-10-12-25-27(33-34-28(25)18-22)13-9-19-5-2-1-3-6-19/h1-10,12-13,16,18,20,23,26,29,35H,11,14-15,17H2,(H,32,37)(H,33,34)/b13-9+/t20-,23+,26?,29?/m0/s1. The summed E-state index contributed by atoms with van der Waals surface area (Å²) in [4.78, 5) is 26.3. The summed E-state index contributed by atoms with van der Waals surface area (Å²) < 4.78 is 0. The van der Waals surface area contributed by atoms with Crippen molar-refractivity contribution >= 4 is 40.4 Å². The Kier molecular flexibility index (Phi) is 6.18. The lowest BCUT2D eigenvalue weighted by atomic mass is 9.85. The van der Waals surface area contributed by atoms with Crippen molar-refractivity contribution in [3.8, 4) is 0 Å². The van der Waals surface area contributed by atoms with E-state index >= 15 is 0 Å². The van der Waals surface area contributed by atoms with Crippen LogP contribution in [0.1, 0.15) is 52.9 Å². The number of anilines is 1. The number of nitrogens with zero attached hydrogens (tertiary/aromatic N) is 1. The van der Waals surface area contributed by atoms with Crippen LogP contribution in [0.2, 0.25) is 0 Å². The number of fused-ring (bicyclic) bond motifs is 3. The molecule has 0 radical (unpaired) electrons. The van der Waals surface area contributed by atoms with Crippen LogP contribution >= 0.6 is 0 Å². The molecule has 1 aromatic heterocycles. The fourth-order valence-corrected chi connectivity index (χ4v) is 5.93. The van der Waals surface area contributed by atoms with Gasteiger partial charge in [-0.3, -0.25) is 14.7 Å². The molecular weight excluding hydrogens is 462 g/mol. The van der Waals surface area contributed by atoms with Gasteiger partial charge in [0.1, 0.15) is 0 Å². The highest BCUT2D eigenvalue weighted by Gasteiger charge is 2.44. The average molecular weight is 492 g/mol. The zero-order chi connectivity index (χ0) is 25.4. The molecule has 2 fully saturated rings. The van der Waals surface area contributed by atoms with E-state index in [4.69, 9.17) is 0 Å². The summed E-state index contributed by atoms with van der Waals surface area (Å²) in [5.41, 5.74) is 4.38. The molecule has 1 heterocycles. The van der Waals surface area contributed by atoms with Gasteiger partial charge < -0.3 is 10.4 Å². The molecule has 4 atom stereocenters. The first-order valence-corrected chi connectivity index (χ1v) is 12.9. The van der Waals surface area contributed by atoms with Crippen molar-refractivity contribution in [1.82, 2.24) is 10.2 Å². The zero-order valence-corrected chi connectivity index (χ0v) is 20.4. The molecule has 4 aromatic rings. The molecule has 0 saturated heterocycles. The van der Waals surface area contributed by atoms with E-state index in [9.17, 15) is 14.7 Å². The lowest BCUT2D eigenvalue weighted by Gasteiger charge is -2.24. The molecule has 2 aliphatic carbocycles. The van der Waals surface area contributed by atoms with Crippen LogP contribution in [0.25, 0.3) is 23.1 Å². The predicted molar refractivity (Wildman–Crippen MR) is 145 cm³/mol. The fraction of sp³-hybridized carbons (Fsp3) is 0.258. The number of benzene rings is 3. The zero-order valence-electron chi connectivity index (χ0n) is 20.4. The van der Waals surface area contributed by atoms with Gasteiger partial charge in [-0.15, -0.1) is 0 Å². The van der Waals surface area contributed by atoms with E-state index < -0.39 is 0 Å². The summed E-state index contributed by atoms with van der Waals surface area (Å²) in [6.07, 6.45) is 7.04. The summed E-state index contributed by atoms with van der Waals surface area (Å²) in [7, 11) is 0. The van der Waals surface area contributed by atoms with Crippen molar-refractivity contribution in [2.45, 2.75) is 31.8 Å². The van der Waals surface area contributed by atoms with E-state index in [1.54, 1.807) is 18.2 Å². The van der Waals surface area contributed by atoms with Gasteiger partial charge in [0.25, 0.3) is 0 Å². The third-order valence-electron chi connectivity index (χ3n) is 7.93. The van der Waals surface area contributed by atoms with Gasteiger partial charge in [-0.25, -0.2) is 0 Å². The first kappa shape index (κ1) is 23.4. The van der Waals surface area contributed by atoms with E-state index in [1.807, 2.05) is 66.7 Å². The first-order valence-electron chi connectivity index (χ1n) is 12.9. The number of H-pyrrole nitrogens is 1. The minimum absolute atomic E-state index is 0.0128. The van der Waals surface area contributed by atoms with Crippen molar-refractivity contribution in [3.63, 3.8) is 0 Å². The quantitative estimate of drug-likeness (QED) is 0.302. The number of carbonyl (C=O) groups is 2. The topological polar surface area (TPSA) is 95.1 Å². The molecule has 3 N–H and O–H groups in total. The molecule has 2 bridgehead atoms. The SMILES string of the molecule is O=C(c1cccc(NC(=O)C2C[C@H]3C[C@@H]2CCC3O)c1)c1ccc2c(/C=C/c3ccccc3)n[nH]c2c1. The highest BCUT2D eigenvalue weighted by atomic mass is 16.3. The highest BCUT2D eigenvalue weighted by Crippen LogP contribution is 2.46. The van der Waals surface area contributed by atoms with E-state index in [1.165, 1.54) is 0 Å². The van der Waals surface area contributed by atoms with Gasteiger partial charge in [-0.1, -0.05) is 54.6 Å². The van der Waals surface area contributed by atoms with Crippen LogP contribution < -0.4 is 5.32 Å². The molecule has 6 heteroatoms. The van der Waals surface area contributed by atoms with Crippen molar-refractivity contribution in [1.29, 1.82) is 0 Å². The summed E-state index contributed by atoms with van der Waals surface area (Å²) in [5, 5.41) is 21.6. The molecular formula is C31H29N3O3. The largest absolute Gasteiger partial charge is 0.393 e. The molecule has 2 unspecified atom stereocenters. The fourth-order valence-electron chi connectivity index (χ4n) is 5.93. The number of ketones is 1. The lowest BCUT2D eigenvalue weighted by molar-refractivity contribution is -0.120. The number of hydrogen-bond donors (Lipinski definition) is 3. The van der Waals surface area contributed by atoms with Gasteiger partial charge in [0.2, 0.25) is 5.91 Å². The van der Waals surface area contributed by atoms with Crippen molar-refractivity contribution in [3.05, 3.63) is 95.2 Å². The van der Waals surface area contributed by atoms with Crippen LogP contribution in [0.15, 0.2) is 72.8 Å². The minimum atomic E-state index is -0.279. The highest BCUT2D eigenvalue weighted by molar-refractivity contribution is 6.11. The Labute approximate surface area is 215 Å². The molecule has 6 nitrogen and oxygen atoms in total. The number of aromatic amines is 1. The number of aromatic nitrogens is 2. The Morgan fingerprint density at radius 3 is 2.57 bits per heavy atom. The average Bonchev–Trinajstić information content (AvgIpc) is 3.51. The summed E-state index contributed by atoms with van der Waals surface area (Å²) in [5.74, 6) is 0.366. The van der Waals surface area contributed by atoms with Crippen LogP contribution in [0.5, 0.6) is 0 Å². The molecule has 0 aliphatic heterocycles. The van der Waals surface area contributed by atoms with E-state index in [-0.39, 0.29) is 29.6 Å². The number of amides is 1. The molecule has 186 valence electrons. The van der Waals surface area contributed by atoms with Gasteiger partial charge in [-0.05, 0) is 73.4 Å². The number of carbonyl (C=O) groups excluding carboxylic acids is 2. The van der Waals surface area contributed by atoms with E-state index in [0.29, 0.717) is 22.7 Å². The maximum Gasteiger partial charge on any atom is 0.227 e. The number of aliphatic hydroxyl groups excluding tert-OH is 1. The van der Waals surface area contributed by atoms with Crippen LogP contribution in [-0.4, -0.2) is 33.1 Å². The van der Waals surface area contributed by atoms with Gasteiger partial charge >= 0.3 is 0 Å².